The van der Waals surface area contributed by atoms with Crippen molar-refractivity contribution in [3.8, 4) is 0 Å². The number of piperidine rings is 1. The van der Waals surface area contributed by atoms with E-state index < -0.39 is 11.6 Å². The second kappa shape index (κ2) is 6.25. The van der Waals surface area contributed by atoms with E-state index in [9.17, 15) is 8.78 Å². The lowest BCUT2D eigenvalue weighted by atomic mass is 10.0. The quantitative estimate of drug-likeness (QED) is 0.938. The number of benzene rings is 1. The number of hydrogen-bond donors (Lipinski definition) is 1. The van der Waals surface area contributed by atoms with E-state index in [4.69, 9.17) is 0 Å². The van der Waals surface area contributed by atoms with Gasteiger partial charge in [-0.3, -0.25) is 0 Å². The zero-order valence-corrected chi connectivity index (χ0v) is 12.4. The molecule has 4 nitrogen and oxygen atoms in total. The van der Waals surface area contributed by atoms with Gasteiger partial charge in [-0.05, 0) is 30.9 Å². The van der Waals surface area contributed by atoms with Crippen molar-refractivity contribution in [2.75, 3.05) is 23.3 Å². The second-order valence-electron chi connectivity index (χ2n) is 5.70. The molecule has 1 fully saturated rings. The Hall–Kier alpha value is -2.24. The second-order valence-corrected chi connectivity index (χ2v) is 5.70. The summed E-state index contributed by atoms with van der Waals surface area (Å²) >= 11 is 0. The van der Waals surface area contributed by atoms with E-state index in [1.54, 1.807) is 6.07 Å². The summed E-state index contributed by atoms with van der Waals surface area (Å²) in [6, 6.07) is 5.20. The summed E-state index contributed by atoms with van der Waals surface area (Å²) in [5.74, 6) is 0.704. The van der Waals surface area contributed by atoms with Gasteiger partial charge >= 0.3 is 0 Å². The van der Waals surface area contributed by atoms with Crippen LogP contribution in [0.2, 0.25) is 0 Å². The molecule has 0 bridgehead atoms. The summed E-state index contributed by atoms with van der Waals surface area (Å²) in [5.41, 5.74) is 0.193. The van der Waals surface area contributed by atoms with Gasteiger partial charge in [-0.25, -0.2) is 18.7 Å². The number of anilines is 3. The average Bonchev–Trinajstić information content (AvgIpc) is 2.50. The van der Waals surface area contributed by atoms with E-state index in [1.165, 1.54) is 24.9 Å². The molecule has 1 aliphatic heterocycles. The number of rotatable bonds is 3. The molecule has 1 atom stereocenters. The summed E-state index contributed by atoms with van der Waals surface area (Å²) in [6.45, 7) is 4.15. The van der Waals surface area contributed by atoms with Gasteiger partial charge in [0.05, 0.1) is 5.69 Å². The molecule has 0 spiro atoms. The zero-order chi connectivity index (χ0) is 15.5. The van der Waals surface area contributed by atoms with Crippen LogP contribution >= 0.6 is 0 Å². The summed E-state index contributed by atoms with van der Waals surface area (Å²) in [6.07, 6.45) is 3.83. The van der Waals surface area contributed by atoms with E-state index in [-0.39, 0.29) is 5.69 Å². The van der Waals surface area contributed by atoms with Crippen LogP contribution < -0.4 is 10.2 Å². The fourth-order valence-electron chi connectivity index (χ4n) is 2.71. The molecule has 2 heterocycles. The zero-order valence-electron chi connectivity index (χ0n) is 12.4. The van der Waals surface area contributed by atoms with Crippen molar-refractivity contribution in [2.24, 2.45) is 5.92 Å². The predicted octanol–water partition coefficient (Wildman–Crippen LogP) is 3.73. The van der Waals surface area contributed by atoms with Crippen LogP contribution in [-0.4, -0.2) is 23.1 Å². The monoisotopic (exact) mass is 304 g/mol. The fraction of sp³-hybridized carbons (Fsp3) is 0.375. The molecular weight excluding hydrogens is 286 g/mol. The molecule has 2 aromatic rings. The summed E-state index contributed by atoms with van der Waals surface area (Å²) < 4.78 is 26.6. The molecule has 3 rings (SSSR count). The highest BCUT2D eigenvalue weighted by molar-refractivity contribution is 5.59. The lowest BCUT2D eigenvalue weighted by molar-refractivity contribution is 0.444. The first-order valence-corrected chi connectivity index (χ1v) is 7.41. The predicted molar refractivity (Wildman–Crippen MR) is 82.3 cm³/mol. The van der Waals surface area contributed by atoms with Crippen molar-refractivity contribution in [3.63, 3.8) is 0 Å². The maximum atomic E-state index is 13.7. The van der Waals surface area contributed by atoms with E-state index >= 15 is 0 Å². The van der Waals surface area contributed by atoms with Gasteiger partial charge in [0.25, 0.3) is 0 Å². The standard InChI is InChI=1S/C16H18F2N4/c1-11-3-2-6-22(9-11)16-8-15(19-10-20-16)21-14-5-4-12(17)7-13(14)18/h4-5,7-8,10-11H,2-3,6,9H2,1H3,(H,19,20,21). The van der Waals surface area contributed by atoms with Crippen molar-refractivity contribution in [2.45, 2.75) is 19.8 Å². The first kappa shape index (κ1) is 14.7. The van der Waals surface area contributed by atoms with E-state index in [2.05, 4.69) is 27.1 Å². The molecule has 0 radical (unpaired) electrons. The molecule has 1 aromatic heterocycles. The Morgan fingerprint density at radius 2 is 2.09 bits per heavy atom. The minimum absolute atomic E-state index is 0.193. The van der Waals surface area contributed by atoms with E-state index in [0.29, 0.717) is 11.7 Å². The molecule has 0 saturated carbocycles. The van der Waals surface area contributed by atoms with Gasteiger partial charge in [-0.15, -0.1) is 0 Å². The number of aromatic nitrogens is 2. The Balaban J connectivity index is 1.79. The minimum atomic E-state index is -0.647. The van der Waals surface area contributed by atoms with Crippen LogP contribution in [0.1, 0.15) is 19.8 Å². The summed E-state index contributed by atoms with van der Waals surface area (Å²) in [5, 5.41) is 2.87. The van der Waals surface area contributed by atoms with E-state index in [0.717, 1.165) is 31.4 Å². The van der Waals surface area contributed by atoms with Crippen LogP contribution in [0.25, 0.3) is 0 Å². The van der Waals surface area contributed by atoms with Crippen LogP contribution in [-0.2, 0) is 0 Å². The molecule has 22 heavy (non-hydrogen) atoms. The third-order valence-electron chi connectivity index (χ3n) is 3.83. The van der Waals surface area contributed by atoms with Crippen molar-refractivity contribution in [3.05, 3.63) is 42.2 Å². The van der Waals surface area contributed by atoms with Crippen LogP contribution in [0.5, 0.6) is 0 Å². The molecular formula is C16H18F2N4. The first-order valence-electron chi connectivity index (χ1n) is 7.41. The Morgan fingerprint density at radius 1 is 1.23 bits per heavy atom. The highest BCUT2D eigenvalue weighted by Crippen LogP contribution is 2.24. The normalized spacial score (nSPS) is 18.3. The van der Waals surface area contributed by atoms with Crippen LogP contribution in [0.15, 0.2) is 30.6 Å². The molecule has 0 amide bonds. The van der Waals surface area contributed by atoms with Gasteiger partial charge < -0.3 is 10.2 Å². The van der Waals surface area contributed by atoms with Gasteiger partial charge in [0.1, 0.15) is 29.6 Å². The van der Waals surface area contributed by atoms with Crippen LogP contribution in [0.3, 0.4) is 0 Å². The number of nitrogens with zero attached hydrogens (tertiary/aromatic N) is 3. The van der Waals surface area contributed by atoms with Crippen LogP contribution in [0.4, 0.5) is 26.1 Å². The SMILES string of the molecule is CC1CCCN(c2cc(Nc3ccc(F)cc3F)ncn2)C1. The highest BCUT2D eigenvalue weighted by Gasteiger charge is 2.18. The van der Waals surface area contributed by atoms with Gasteiger partial charge in [0.2, 0.25) is 0 Å². The van der Waals surface area contributed by atoms with Gasteiger partial charge in [0, 0.05) is 25.2 Å². The Morgan fingerprint density at radius 3 is 2.86 bits per heavy atom. The molecule has 1 aromatic carbocycles. The third-order valence-corrected chi connectivity index (χ3v) is 3.83. The van der Waals surface area contributed by atoms with Crippen LogP contribution in [0, 0.1) is 17.6 Å². The fourth-order valence-corrected chi connectivity index (χ4v) is 2.71. The van der Waals surface area contributed by atoms with Crippen molar-refractivity contribution >= 4 is 17.3 Å². The topological polar surface area (TPSA) is 41.0 Å². The van der Waals surface area contributed by atoms with E-state index in [1.807, 2.05) is 0 Å². The molecule has 0 aliphatic carbocycles. The third kappa shape index (κ3) is 3.32. The smallest absolute Gasteiger partial charge is 0.149 e. The maximum absolute atomic E-state index is 13.7. The van der Waals surface area contributed by atoms with Gasteiger partial charge in [0.15, 0.2) is 0 Å². The molecule has 116 valence electrons. The maximum Gasteiger partial charge on any atom is 0.149 e. The molecule has 6 heteroatoms. The summed E-state index contributed by atoms with van der Waals surface area (Å²) in [7, 11) is 0. The van der Waals surface area contributed by atoms with Crippen molar-refractivity contribution < 1.29 is 8.78 Å². The number of halogens is 2. The first-order chi connectivity index (χ1) is 10.6. The van der Waals surface area contributed by atoms with Gasteiger partial charge in [-0.1, -0.05) is 6.92 Å². The molecule has 1 aliphatic rings. The van der Waals surface area contributed by atoms with Crippen molar-refractivity contribution in [1.82, 2.24) is 9.97 Å². The molecule has 1 saturated heterocycles. The average molecular weight is 304 g/mol. The van der Waals surface area contributed by atoms with Crippen molar-refractivity contribution in [1.29, 1.82) is 0 Å². The Bertz CT molecular complexity index is 662. The largest absolute Gasteiger partial charge is 0.356 e. The highest BCUT2D eigenvalue weighted by atomic mass is 19.1. The van der Waals surface area contributed by atoms with Gasteiger partial charge in [-0.2, -0.15) is 0 Å². The summed E-state index contributed by atoms with van der Waals surface area (Å²) in [4.78, 5) is 10.6. The molecule has 1 N–H and O–H groups in total. The lowest BCUT2D eigenvalue weighted by Gasteiger charge is -2.31. The number of nitrogens with one attached hydrogen (secondary N) is 1. The molecule has 1 unspecified atom stereocenters. The number of hydrogen-bond acceptors (Lipinski definition) is 4. The lowest BCUT2D eigenvalue weighted by Crippen LogP contribution is -2.34. The Kier molecular flexibility index (Phi) is 4.18. The Labute approximate surface area is 128 Å². The minimum Gasteiger partial charge on any atom is -0.356 e.